The monoisotopic (exact) mass is 424 g/mol. The number of thiazole rings is 1. The summed E-state index contributed by atoms with van der Waals surface area (Å²) in [7, 11) is 2.40. The molecule has 7 nitrogen and oxygen atoms in total. The molecule has 1 heterocycles. The first-order valence-electron chi connectivity index (χ1n) is 5.87. The van der Waals surface area contributed by atoms with E-state index in [2.05, 4.69) is 25.7 Å². The van der Waals surface area contributed by atoms with Gasteiger partial charge in [0.25, 0.3) is 11.3 Å². The Balaban J connectivity index is 2.62. The molecule has 0 aliphatic rings. The van der Waals surface area contributed by atoms with Crippen LogP contribution in [0, 0.1) is 5.82 Å². The van der Waals surface area contributed by atoms with Gasteiger partial charge in [0, 0.05) is 11.4 Å². The third-order valence-electron chi connectivity index (χ3n) is 2.72. The van der Waals surface area contributed by atoms with E-state index >= 15 is 0 Å². The number of ether oxygens (including phenoxy) is 2. The minimum absolute atomic E-state index is 0.0123. The van der Waals surface area contributed by atoms with Crippen molar-refractivity contribution in [3.8, 4) is 5.75 Å². The fraction of sp³-hybridized carbons (Fsp3) is 0.167. The van der Waals surface area contributed by atoms with Crippen LogP contribution in [-0.4, -0.2) is 33.9 Å². The van der Waals surface area contributed by atoms with Crippen LogP contribution in [0.4, 0.5) is 15.9 Å². The normalized spacial score (nSPS) is 11.9. The van der Waals surface area contributed by atoms with E-state index in [9.17, 15) is 17.9 Å². The molecule has 0 aliphatic carbocycles. The summed E-state index contributed by atoms with van der Waals surface area (Å²) < 4.78 is 46.3. The second-order valence-electron chi connectivity index (χ2n) is 3.98. The number of methoxy groups -OCH3 is 2. The molecule has 2 aromatic rings. The van der Waals surface area contributed by atoms with Crippen LogP contribution in [0.5, 0.6) is 5.75 Å². The Bertz CT molecular complexity index is 770. The second-order valence-corrected chi connectivity index (χ2v) is 6.94. The van der Waals surface area contributed by atoms with Crippen molar-refractivity contribution in [3.63, 3.8) is 0 Å². The molecule has 0 amide bonds. The molecule has 0 fully saturated rings. The molecule has 0 saturated heterocycles. The number of esters is 1. The Morgan fingerprint density at radius 3 is 2.65 bits per heavy atom. The van der Waals surface area contributed by atoms with E-state index in [4.69, 9.17) is 4.74 Å². The van der Waals surface area contributed by atoms with Crippen LogP contribution in [0.15, 0.2) is 21.4 Å². The van der Waals surface area contributed by atoms with E-state index in [0.29, 0.717) is 3.92 Å². The van der Waals surface area contributed by atoms with E-state index in [1.807, 2.05) is 0 Å². The van der Waals surface area contributed by atoms with Crippen molar-refractivity contribution in [2.45, 2.75) is 0 Å². The molecule has 2 rings (SSSR count). The zero-order valence-corrected chi connectivity index (χ0v) is 15.0. The molecule has 11 heteroatoms. The van der Waals surface area contributed by atoms with Gasteiger partial charge in [-0.05, 0) is 22.0 Å². The van der Waals surface area contributed by atoms with Gasteiger partial charge < -0.3 is 9.47 Å². The van der Waals surface area contributed by atoms with Crippen LogP contribution in [0.3, 0.4) is 0 Å². The highest BCUT2D eigenvalue weighted by molar-refractivity contribution is 9.11. The molecule has 0 radical (unpaired) electrons. The topological polar surface area (TPSA) is 89.0 Å². The maximum absolute atomic E-state index is 14.2. The first-order valence-corrected chi connectivity index (χ1v) is 8.60. The highest BCUT2D eigenvalue weighted by atomic mass is 79.9. The Kier molecular flexibility index (Phi) is 5.68. The minimum atomic E-state index is -2.54. The van der Waals surface area contributed by atoms with E-state index in [0.717, 1.165) is 23.5 Å². The van der Waals surface area contributed by atoms with Crippen LogP contribution in [0.25, 0.3) is 0 Å². The number of rotatable bonds is 5. The summed E-state index contributed by atoms with van der Waals surface area (Å²) in [5.74, 6) is -1.68. The highest BCUT2D eigenvalue weighted by Crippen LogP contribution is 2.37. The molecule has 0 spiro atoms. The van der Waals surface area contributed by atoms with E-state index in [1.54, 1.807) is 0 Å². The van der Waals surface area contributed by atoms with Gasteiger partial charge in [-0.3, -0.25) is 4.55 Å². The molecular formula is C12H10BrFN2O5S2. The summed E-state index contributed by atoms with van der Waals surface area (Å²) in [6.07, 6.45) is 0. The lowest BCUT2D eigenvalue weighted by Crippen LogP contribution is -2.21. The van der Waals surface area contributed by atoms with Gasteiger partial charge in [-0.2, -0.15) is 0 Å². The number of hydrogen-bond acceptors (Lipinski definition) is 6. The lowest BCUT2D eigenvalue weighted by molar-refractivity contribution is 0.0595. The molecule has 0 saturated carbocycles. The molecule has 1 aromatic carbocycles. The molecule has 1 unspecified atom stereocenters. The number of aromatic nitrogens is 1. The van der Waals surface area contributed by atoms with Crippen LogP contribution in [-0.2, 0) is 16.0 Å². The number of anilines is 2. The van der Waals surface area contributed by atoms with Gasteiger partial charge in [0.2, 0.25) is 0 Å². The van der Waals surface area contributed by atoms with Gasteiger partial charge in [-0.25, -0.2) is 22.7 Å². The van der Waals surface area contributed by atoms with Crippen molar-refractivity contribution < 1.29 is 27.4 Å². The third-order valence-corrected chi connectivity index (χ3v) is 4.77. The van der Waals surface area contributed by atoms with Gasteiger partial charge in [0.05, 0.1) is 19.8 Å². The largest absolute Gasteiger partial charge is 0.495 e. The van der Waals surface area contributed by atoms with E-state index < -0.39 is 23.1 Å². The van der Waals surface area contributed by atoms with Crippen molar-refractivity contribution in [3.05, 3.63) is 32.8 Å². The van der Waals surface area contributed by atoms with Crippen LogP contribution >= 0.6 is 27.3 Å². The number of benzene rings is 1. The number of nitrogens with zero attached hydrogens (tertiary/aromatic N) is 2. The summed E-state index contributed by atoms with van der Waals surface area (Å²) in [4.78, 5) is 15.6. The first-order chi connectivity index (χ1) is 10.9. The average molecular weight is 425 g/mol. The minimum Gasteiger partial charge on any atom is -0.495 e. The zero-order valence-electron chi connectivity index (χ0n) is 11.8. The molecule has 1 aromatic heterocycles. The predicted octanol–water partition coefficient (Wildman–Crippen LogP) is 3.11. The van der Waals surface area contributed by atoms with Gasteiger partial charge in [0.1, 0.15) is 17.3 Å². The Morgan fingerprint density at radius 2 is 2.17 bits per heavy atom. The van der Waals surface area contributed by atoms with Crippen molar-refractivity contribution in [2.24, 2.45) is 0 Å². The average Bonchev–Trinajstić information content (AvgIpc) is 2.92. The summed E-state index contributed by atoms with van der Waals surface area (Å²) in [6.45, 7) is 0. The predicted molar refractivity (Wildman–Crippen MR) is 87.0 cm³/mol. The Hall–Kier alpha value is -1.56. The van der Waals surface area contributed by atoms with Crippen molar-refractivity contribution in [1.82, 2.24) is 4.98 Å². The van der Waals surface area contributed by atoms with Gasteiger partial charge in [-0.1, -0.05) is 0 Å². The number of carbonyl (C=O) groups excluding carboxylic acids is 1. The molecule has 0 aliphatic heterocycles. The number of hydrogen-bond donors (Lipinski definition) is 1. The summed E-state index contributed by atoms with van der Waals surface area (Å²) in [6, 6.07) is 2.00. The van der Waals surface area contributed by atoms with Crippen LogP contribution in [0.2, 0.25) is 0 Å². The summed E-state index contributed by atoms with van der Waals surface area (Å²) >= 11 is 1.79. The standard InChI is InChI=1S/C12H10BrFN2O5S2/c1-20-9-3-6(11(17)21-2)7(14)4-8(9)16(23(18)19)10-5-22-12(13)15-10/h3-5H,1-2H3,(H,18,19). The number of halogens is 2. The fourth-order valence-corrected chi connectivity index (χ4v) is 3.36. The van der Waals surface area contributed by atoms with E-state index in [-0.39, 0.29) is 22.8 Å². The van der Waals surface area contributed by atoms with Crippen LogP contribution in [0.1, 0.15) is 10.4 Å². The maximum Gasteiger partial charge on any atom is 0.340 e. The maximum atomic E-state index is 14.2. The summed E-state index contributed by atoms with van der Waals surface area (Å²) in [5.41, 5.74) is -0.410. The van der Waals surface area contributed by atoms with Gasteiger partial charge in [0.15, 0.2) is 9.73 Å². The molecular weight excluding hydrogens is 415 g/mol. The molecule has 1 atom stereocenters. The quantitative estimate of drug-likeness (QED) is 0.585. The van der Waals surface area contributed by atoms with Gasteiger partial charge >= 0.3 is 5.97 Å². The summed E-state index contributed by atoms with van der Waals surface area (Å²) in [5, 5.41) is 1.50. The third kappa shape index (κ3) is 3.68. The Labute approximate surface area is 145 Å². The zero-order chi connectivity index (χ0) is 17.1. The lowest BCUT2D eigenvalue weighted by atomic mass is 10.1. The Morgan fingerprint density at radius 1 is 1.48 bits per heavy atom. The lowest BCUT2D eigenvalue weighted by Gasteiger charge is -2.20. The fourth-order valence-electron chi connectivity index (χ4n) is 1.76. The molecule has 23 heavy (non-hydrogen) atoms. The van der Waals surface area contributed by atoms with Crippen molar-refractivity contribution in [1.29, 1.82) is 0 Å². The molecule has 0 bridgehead atoms. The molecule has 124 valence electrons. The number of carbonyl (C=O) groups is 1. The van der Waals surface area contributed by atoms with Crippen molar-refractivity contribution >= 4 is 56.0 Å². The SMILES string of the molecule is COC(=O)c1cc(OC)c(N(c2csc(Br)n2)S(=O)O)cc1F. The van der Waals surface area contributed by atoms with Gasteiger partial charge in [-0.15, -0.1) is 11.3 Å². The van der Waals surface area contributed by atoms with E-state index in [1.165, 1.54) is 23.8 Å². The van der Waals surface area contributed by atoms with Crippen LogP contribution < -0.4 is 9.04 Å². The smallest absolute Gasteiger partial charge is 0.340 e. The highest BCUT2D eigenvalue weighted by Gasteiger charge is 2.25. The van der Waals surface area contributed by atoms with Crippen molar-refractivity contribution in [2.75, 3.05) is 18.5 Å². The first kappa shape index (κ1) is 17.8. The molecule has 1 N–H and O–H groups in total. The second kappa shape index (κ2) is 7.34.